The maximum absolute atomic E-state index is 12.5. The molecule has 0 radical (unpaired) electrons. The van der Waals surface area contributed by atoms with Crippen molar-refractivity contribution in [3.8, 4) is 11.5 Å². The van der Waals surface area contributed by atoms with Crippen molar-refractivity contribution in [3.05, 3.63) is 52.3 Å². The molecule has 0 saturated heterocycles. The average Bonchev–Trinajstić information content (AvgIpc) is 2.78. The Bertz CT molecular complexity index is 1050. The number of pyridine rings is 1. The third kappa shape index (κ3) is 1.09. The van der Waals surface area contributed by atoms with E-state index in [0.29, 0.717) is 10.9 Å². The molecular formula is C16H11NO3. The maximum atomic E-state index is 12.5. The lowest BCUT2D eigenvalue weighted by Gasteiger charge is -2.07. The molecule has 0 fully saturated rings. The number of aromatic nitrogens is 1. The largest absolute Gasteiger partial charge is 0.507 e. The zero-order valence-electron chi connectivity index (χ0n) is 10.7. The summed E-state index contributed by atoms with van der Waals surface area (Å²) in [4.78, 5) is 12.5. The van der Waals surface area contributed by atoms with E-state index in [1.54, 1.807) is 23.5 Å². The van der Waals surface area contributed by atoms with Gasteiger partial charge in [0.1, 0.15) is 11.5 Å². The van der Waals surface area contributed by atoms with E-state index in [4.69, 9.17) is 0 Å². The van der Waals surface area contributed by atoms with Crippen LogP contribution in [0, 0.1) is 6.92 Å². The first kappa shape index (κ1) is 11.1. The molecule has 0 saturated carbocycles. The first-order chi connectivity index (χ1) is 9.61. The van der Waals surface area contributed by atoms with Crippen molar-refractivity contribution in [2.75, 3.05) is 0 Å². The molecule has 2 heterocycles. The highest BCUT2D eigenvalue weighted by atomic mass is 16.3. The Morgan fingerprint density at radius 2 is 1.75 bits per heavy atom. The molecule has 4 nitrogen and oxygen atoms in total. The lowest BCUT2D eigenvalue weighted by molar-refractivity contribution is 0.460. The number of nitrogens with zero attached hydrogens (tertiary/aromatic N) is 1. The molecule has 2 aromatic carbocycles. The summed E-state index contributed by atoms with van der Waals surface area (Å²) in [6, 6.07) is 10.9. The van der Waals surface area contributed by atoms with E-state index < -0.39 is 0 Å². The Labute approximate surface area is 113 Å². The Morgan fingerprint density at radius 3 is 2.55 bits per heavy atom. The summed E-state index contributed by atoms with van der Waals surface area (Å²) in [6.45, 7) is 1.56. The summed E-state index contributed by atoms with van der Waals surface area (Å²) < 4.78 is 1.56. The number of phenolic OH excluding ortho intramolecular Hbond substituents is 1. The Kier molecular flexibility index (Phi) is 1.90. The van der Waals surface area contributed by atoms with Crippen LogP contribution in [0.25, 0.3) is 27.2 Å². The van der Waals surface area contributed by atoms with Gasteiger partial charge in [-0.3, -0.25) is 9.20 Å². The summed E-state index contributed by atoms with van der Waals surface area (Å²) in [7, 11) is 0. The number of hydrogen-bond acceptors (Lipinski definition) is 3. The second-order valence-electron chi connectivity index (χ2n) is 4.99. The topological polar surface area (TPSA) is 61.9 Å². The van der Waals surface area contributed by atoms with Gasteiger partial charge in [0.15, 0.2) is 0 Å². The standard InChI is InChI=1S/C16H11NO3/c1-8-15(19)13-12(18)7-6-10-9-4-2-3-5-11(9)17(14(10)13)16(8)20/h2-7,18-19H,1H3. The number of para-hydroxylation sites is 1. The quantitative estimate of drug-likeness (QED) is 0.514. The first-order valence-electron chi connectivity index (χ1n) is 6.31. The highest BCUT2D eigenvalue weighted by Gasteiger charge is 2.20. The second kappa shape index (κ2) is 3.42. The van der Waals surface area contributed by atoms with Gasteiger partial charge in [-0.15, -0.1) is 0 Å². The second-order valence-corrected chi connectivity index (χ2v) is 4.99. The molecule has 0 aliphatic rings. The van der Waals surface area contributed by atoms with Crippen LogP contribution < -0.4 is 5.56 Å². The van der Waals surface area contributed by atoms with E-state index in [0.717, 1.165) is 16.3 Å². The molecule has 2 N–H and O–H groups in total. The highest BCUT2D eigenvalue weighted by molar-refractivity contribution is 6.16. The first-order valence-corrected chi connectivity index (χ1v) is 6.31. The van der Waals surface area contributed by atoms with Crippen LogP contribution in [0.4, 0.5) is 0 Å². The fraction of sp³-hybridized carbons (Fsp3) is 0.0625. The fourth-order valence-electron chi connectivity index (χ4n) is 2.95. The van der Waals surface area contributed by atoms with Crippen molar-refractivity contribution < 1.29 is 10.2 Å². The van der Waals surface area contributed by atoms with Gasteiger partial charge < -0.3 is 10.2 Å². The zero-order valence-corrected chi connectivity index (χ0v) is 10.7. The smallest absolute Gasteiger partial charge is 0.262 e. The van der Waals surface area contributed by atoms with Gasteiger partial charge in [0, 0.05) is 10.8 Å². The van der Waals surface area contributed by atoms with Crippen molar-refractivity contribution in [2.45, 2.75) is 6.92 Å². The molecule has 0 unspecified atom stereocenters. The van der Waals surface area contributed by atoms with Crippen molar-refractivity contribution >= 4 is 27.2 Å². The Morgan fingerprint density at radius 1 is 1.00 bits per heavy atom. The van der Waals surface area contributed by atoms with Crippen LogP contribution in [0.2, 0.25) is 0 Å². The molecule has 4 aromatic rings. The van der Waals surface area contributed by atoms with E-state index in [1.807, 2.05) is 24.3 Å². The van der Waals surface area contributed by atoms with Crippen molar-refractivity contribution in [1.29, 1.82) is 0 Å². The third-order valence-electron chi connectivity index (χ3n) is 3.93. The fourth-order valence-corrected chi connectivity index (χ4v) is 2.95. The van der Waals surface area contributed by atoms with Gasteiger partial charge in [-0.2, -0.15) is 0 Å². The molecule has 0 aliphatic heterocycles. The van der Waals surface area contributed by atoms with E-state index >= 15 is 0 Å². The van der Waals surface area contributed by atoms with Crippen molar-refractivity contribution in [2.24, 2.45) is 0 Å². The van der Waals surface area contributed by atoms with Gasteiger partial charge in [0.25, 0.3) is 5.56 Å². The number of aromatic hydroxyl groups is 2. The summed E-state index contributed by atoms with van der Waals surface area (Å²) >= 11 is 0. The average molecular weight is 265 g/mol. The Hall–Kier alpha value is -2.75. The van der Waals surface area contributed by atoms with Crippen LogP contribution in [0.3, 0.4) is 0 Å². The maximum Gasteiger partial charge on any atom is 0.262 e. The number of phenols is 1. The molecular weight excluding hydrogens is 254 g/mol. The van der Waals surface area contributed by atoms with E-state index in [1.165, 1.54) is 0 Å². The minimum absolute atomic E-state index is 0.0223. The summed E-state index contributed by atoms with van der Waals surface area (Å²) in [5.41, 5.74) is 1.33. The minimum Gasteiger partial charge on any atom is -0.507 e. The van der Waals surface area contributed by atoms with Gasteiger partial charge in [0.05, 0.1) is 22.0 Å². The SMILES string of the molecule is Cc1c(O)c2c(O)ccc3c4ccccc4n(c1=O)c23. The van der Waals surface area contributed by atoms with Gasteiger partial charge in [-0.1, -0.05) is 18.2 Å². The van der Waals surface area contributed by atoms with Gasteiger partial charge in [0.2, 0.25) is 0 Å². The van der Waals surface area contributed by atoms with Gasteiger partial charge >= 0.3 is 0 Å². The monoisotopic (exact) mass is 265 g/mol. The van der Waals surface area contributed by atoms with Crippen LogP contribution in [0.15, 0.2) is 41.2 Å². The zero-order chi connectivity index (χ0) is 14.0. The normalized spacial score (nSPS) is 11.8. The number of fused-ring (bicyclic) bond motifs is 3. The van der Waals surface area contributed by atoms with Crippen molar-refractivity contribution in [3.63, 3.8) is 0 Å². The highest BCUT2D eigenvalue weighted by Crippen LogP contribution is 2.40. The van der Waals surface area contributed by atoms with Crippen LogP contribution in [-0.2, 0) is 0 Å². The lowest BCUT2D eigenvalue weighted by Crippen LogP contribution is -2.15. The lowest BCUT2D eigenvalue weighted by atomic mass is 10.1. The molecule has 0 bridgehead atoms. The van der Waals surface area contributed by atoms with Crippen LogP contribution >= 0.6 is 0 Å². The molecule has 4 rings (SSSR count). The van der Waals surface area contributed by atoms with Crippen molar-refractivity contribution in [1.82, 2.24) is 4.40 Å². The Balaban J connectivity index is 2.56. The molecule has 2 aromatic heterocycles. The molecule has 0 spiro atoms. The predicted molar refractivity (Wildman–Crippen MR) is 77.9 cm³/mol. The van der Waals surface area contributed by atoms with Crippen LogP contribution in [0.5, 0.6) is 11.5 Å². The molecule has 4 heteroatoms. The number of hydrogen-bond donors (Lipinski definition) is 2. The van der Waals surface area contributed by atoms with Crippen LogP contribution in [-0.4, -0.2) is 14.6 Å². The summed E-state index contributed by atoms with van der Waals surface area (Å²) in [5, 5.41) is 22.4. The minimum atomic E-state index is -0.258. The van der Waals surface area contributed by atoms with Crippen LogP contribution in [0.1, 0.15) is 5.56 Å². The number of benzene rings is 2. The third-order valence-corrected chi connectivity index (χ3v) is 3.93. The molecule has 0 aliphatic carbocycles. The molecule has 0 atom stereocenters. The van der Waals surface area contributed by atoms with E-state index in [-0.39, 0.29) is 22.6 Å². The van der Waals surface area contributed by atoms with Gasteiger partial charge in [-0.05, 0) is 25.1 Å². The van der Waals surface area contributed by atoms with E-state index in [9.17, 15) is 15.0 Å². The predicted octanol–water partition coefficient (Wildman–Crippen LogP) is 2.76. The molecule has 98 valence electrons. The molecule has 20 heavy (non-hydrogen) atoms. The molecule has 0 amide bonds. The summed E-state index contributed by atoms with van der Waals surface area (Å²) in [6.07, 6.45) is 0. The number of rotatable bonds is 0. The summed E-state index contributed by atoms with van der Waals surface area (Å²) in [5.74, 6) is -0.167. The van der Waals surface area contributed by atoms with Gasteiger partial charge in [-0.25, -0.2) is 0 Å². The van der Waals surface area contributed by atoms with E-state index in [2.05, 4.69) is 0 Å².